The largest absolute Gasteiger partial charge is 0.370 e. The molecule has 1 atom stereocenters. The van der Waals surface area contributed by atoms with Gasteiger partial charge in [-0.2, -0.15) is 0 Å². The Labute approximate surface area is 49.7 Å². The highest BCUT2D eigenvalue weighted by Gasteiger charge is 2.02. The van der Waals surface area contributed by atoms with Gasteiger partial charge in [0.2, 0.25) is 0 Å². The van der Waals surface area contributed by atoms with Crippen LogP contribution in [0.2, 0.25) is 0 Å². The normalized spacial score (nSPS) is 27.8. The lowest BCUT2D eigenvalue weighted by Gasteiger charge is -2.13. The van der Waals surface area contributed by atoms with Gasteiger partial charge in [0.25, 0.3) is 0 Å². The molecule has 0 saturated carbocycles. The van der Waals surface area contributed by atoms with E-state index in [-0.39, 0.29) is 6.10 Å². The van der Waals surface area contributed by atoms with E-state index in [9.17, 15) is 0 Å². The zero-order valence-corrected chi connectivity index (χ0v) is 4.84. The molecular weight excluding hydrogens is 100 g/mol. The molecule has 0 aromatic rings. The van der Waals surface area contributed by atoms with E-state index in [1.54, 1.807) is 0 Å². The van der Waals surface area contributed by atoms with Crippen molar-refractivity contribution in [3.63, 3.8) is 0 Å². The number of hydrogen-bond acceptors (Lipinski definition) is 1. The van der Waals surface area contributed by atoms with Gasteiger partial charge in [0.05, 0.1) is 12.7 Å². The summed E-state index contributed by atoms with van der Waals surface area (Å²) in [6, 6.07) is 0. The van der Waals surface area contributed by atoms with Crippen molar-refractivity contribution in [3.05, 3.63) is 24.8 Å². The van der Waals surface area contributed by atoms with Crippen molar-refractivity contribution in [2.45, 2.75) is 12.5 Å². The first-order chi connectivity index (χ1) is 3.93. The summed E-state index contributed by atoms with van der Waals surface area (Å²) < 4.78 is 5.22. The molecule has 1 rings (SSSR count). The zero-order chi connectivity index (χ0) is 5.82. The van der Waals surface area contributed by atoms with Crippen molar-refractivity contribution < 1.29 is 4.74 Å². The quantitative estimate of drug-likeness (QED) is 0.465. The lowest BCUT2D eigenvalue weighted by atomic mass is 10.2. The first-order valence-corrected chi connectivity index (χ1v) is 2.82. The summed E-state index contributed by atoms with van der Waals surface area (Å²) in [5.74, 6) is 0. The molecule has 1 heterocycles. The van der Waals surface area contributed by atoms with Gasteiger partial charge >= 0.3 is 0 Å². The molecule has 0 radical (unpaired) electrons. The third-order valence-electron chi connectivity index (χ3n) is 1.20. The predicted octanol–water partition coefficient (Wildman–Crippen LogP) is 1.52. The molecule has 0 aromatic carbocycles. The fourth-order valence-corrected chi connectivity index (χ4v) is 0.710. The van der Waals surface area contributed by atoms with Gasteiger partial charge in [0.1, 0.15) is 0 Å². The van der Waals surface area contributed by atoms with Crippen LogP contribution < -0.4 is 0 Å². The van der Waals surface area contributed by atoms with Crippen LogP contribution in [0.1, 0.15) is 6.42 Å². The Morgan fingerprint density at radius 1 is 1.62 bits per heavy atom. The Balaban J connectivity index is 2.37. The lowest BCUT2D eigenvalue weighted by Crippen LogP contribution is -2.11. The van der Waals surface area contributed by atoms with Gasteiger partial charge in [-0.1, -0.05) is 18.2 Å². The highest BCUT2D eigenvalue weighted by molar-refractivity contribution is 4.95. The van der Waals surface area contributed by atoms with Gasteiger partial charge in [-0.3, -0.25) is 0 Å². The van der Waals surface area contributed by atoms with E-state index < -0.39 is 0 Å². The van der Waals surface area contributed by atoms with Crippen LogP contribution in [0.15, 0.2) is 24.8 Å². The fourth-order valence-electron chi connectivity index (χ4n) is 0.710. The Bertz CT molecular complexity index is 105. The smallest absolute Gasteiger partial charge is 0.0791 e. The number of rotatable bonds is 1. The van der Waals surface area contributed by atoms with E-state index in [4.69, 9.17) is 4.74 Å². The van der Waals surface area contributed by atoms with Crippen molar-refractivity contribution in [3.8, 4) is 0 Å². The Hall–Kier alpha value is -0.560. The molecule has 1 nitrogen and oxygen atoms in total. The maximum atomic E-state index is 5.22. The predicted molar refractivity (Wildman–Crippen MR) is 33.7 cm³/mol. The van der Waals surface area contributed by atoms with Crippen molar-refractivity contribution in [2.75, 3.05) is 6.61 Å². The molecule has 1 unspecified atom stereocenters. The average Bonchev–Trinajstić information content (AvgIpc) is 1.90. The van der Waals surface area contributed by atoms with Crippen LogP contribution in [0, 0.1) is 0 Å². The molecule has 44 valence electrons. The Morgan fingerprint density at radius 3 is 2.88 bits per heavy atom. The first kappa shape index (κ1) is 5.57. The molecule has 8 heavy (non-hydrogen) atoms. The molecule has 0 spiro atoms. The van der Waals surface area contributed by atoms with E-state index in [2.05, 4.69) is 12.7 Å². The summed E-state index contributed by atoms with van der Waals surface area (Å²) in [5, 5.41) is 0. The molecule has 0 fully saturated rings. The molecule has 1 aliphatic rings. The summed E-state index contributed by atoms with van der Waals surface area (Å²) in [5.41, 5.74) is 0. The van der Waals surface area contributed by atoms with Gasteiger partial charge in [-0.25, -0.2) is 0 Å². The molecule has 1 heteroatoms. The van der Waals surface area contributed by atoms with Gasteiger partial charge in [0.15, 0.2) is 0 Å². The van der Waals surface area contributed by atoms with Crippen molar-refractivity contribution in [2.24, 2.45) is 0 Å². The Kier molecular flexibility index (Phi) is 1.86. The van der Waals surface area contributed by atoms with Gasteiger partial charge in [0, 0.05) is 0 Å². The van der Waals surface area contributed by atoms with Crippen LogP contribution in [-0.4, -0.2) is 12.7 Å². The van der Waals surface area contributed by atoms with Crippen LogP contribution in [-0.2, 0) is 4.74 Å². The second-order valence-corrected chi connectivity index (χ2v) is 1.81. The summed E-state index contributed by atoms with van der Waals surface area (Å²) in [4.78, 5) is 0. The van der Waals surface area contributed by atoms with E-state index in [0.29, 0.717) is 0 Å². The summed E-state index contributed by atoms with van der Waals surface area (Å²) in [7, 11) is 0. The topological polar surface area (TPSA) is 9.23 Å². The fraction of sp³-hybridized carbons (Fsp3) is 0.429. The van der Waals surface area contributed by atoms with Crippen molar-refractivity contribution in [1.29, 1.82) is 0 Å². The summed E-state index contributed by atoms with van der Waals surface area (Å²) >= 11 is 0. The molecular formula is C7H10O. The minimum Gasteiger partial charge on any atom is -0.370 e. The highest BCUT2D eigenvalue weighted by atomic mass is 16.5. The number of hydrogen-bond donors (Lipinski definition) is 0. The zero-order valence-electron chi connectivity index (χ0n) is 4.84. The third kappa shape index (κ3) is 1.20. The van der Waals surface area contributed by atoms with E-state index in [1.807, 2.05) is 12.2 Å². The molecule has 0 aromatic heterocycles. The van der Waals surface area contributed by atoms with Gasteiger partial charge in [-0.15, -0.1) is 6.58 Å². The SMILES string of the molecule is C=CC1CC=CCO1. The number of ether oxygens (including phenoxy) is 1. The highest BCUT2D eigenvalue weighted by Crippen LogP contribution is 2.05. The van der Waals surface area contributed by atoms with Gasteiger partial charge < -0.3 is 4.74 Å². The average molecular weight is 110 g/mol. The molecule has 0 bridgehead atoms. The third-order valence-corrected chi connectivity index (χ3v) is 1.20. The molecule has 1 aliphatic heterocycles. The van der Waals surface area contributed by atoms with Crippen molar-refractivity contribution >= 4 is 0 Å². The van der Waals surface area contributed by atoms with Crippen LogP contribution in [0.4, 0.5) is 0 Å². The molecule has 0 aliphatic carbocycles. The van der Waals surface area contributed by atoms with Crippen LogP contribution in [0.25, 0.3) is 0 Å². The lowest BCUT2D eigenvalue weighted by molar-refractivity contribution is 0.103. The van der Waals surface area contributed by atoms with E-state index >= 15 is 0 Å². The minimum atomic E-state index is 0.264. The van der Waals surface area contributed by atoms with Gasteiger partial charge in [-0.05, 0) is 6.42 Å². The van der Waals surface area contributed by atoms with Crippen molar-refractivity contribution in [1.82, 2.24) is 0 Å². The Morgan fingerprint density at radius 2 is 2.50 bits per heavy atom. The minimum absolute atomic E-state index is 0.264. The van der Waals surface area contributed by atoms with Crippen LogP contribution in [0.5, 0.6) is 0 Å². The van der Waals surface area contributed by atoms with Crippen LogP contribution >= 0.6 is 0 Å². The van der Waals surface area contributed by atoms with E-state index in [1.165, 1.54) is 0 Å². The maximum absolute atomic E-state index is 5.22. The molecule has 0 amide bonds. The second-order valence-electron chi connectivity index (χ2n) is 1.81. The first-order valence-electron chi connectivity index (χ1n) is 2.82. The molecule has 0 N–H and O–H groups in total. The summed E-state index contributed by atoms with van der Waals surface area (Å²) in [6.45, 7) is 4.37. The second kappa shape index (κ2) is 2.68. The van der Waals surface area contributed by atoms with E-state index in [0.717, 1.165) is 13.0 Å². The van der Waals surface area contributed by atoms with Crippen LogP contribution in [0.3, 0.4) is 0 Å². The molecule has 0 saturated heterocycles. The standard InChI is InChI=1S/C7H10O/c1-2-7-5-3-4-6-8-7/h2-4,7H,1,5-6H2. The monoisotopic (exact) mass is 110 g/mol. The maximum Gasteiger partial charge on any atom is 0.0791 e. The summed E-state index contributed by atoms with van der Waals surface area (Å²) in [6.07, 6.45) is 7.24.